The molecule has 0 aliphatic rings. The summed E-state index contributed by atoms with van der Waals surface area (Å²) in [7, 11) is 0. The number of para-hydroxylation sites is 1. The third kappa shape index (κ3) is 4.98. The van der Waals surface area contributed by atoms with Crippen molar-refractivity contribution in [1.82, 2.24) is 9.55 Å². The van der Waals surface area contributed by atoms with E-state index in [1.807, 2.05) is 42.0 Å². The van der Waals surface area contributed by atoms with Gasteiger partial charge in [-0.15, -0.1) is 0 Å². The first-order valence-corrected chi connectivity index (χ1v) is 9.41. The molecule has 1 heterocycles. The summed E-state index contributed by atoms with van der Waals surface area (Å²) in [6, 6.07) is 15.0. The first kappa shape index (κ1) is 18.7. The van der Waals surface area contributed by atoms with Crippen molar-refractivity contribution >= 4 is 35.0 Å². The Labute approximate surface area is 162 Å². The molecule has 3 rings (SSSR count). The molecule has 2 aromatic carbocycles. The number of anilines is 2. The molecule has 1 aromatic heterocycles. The van der Waals surface area contributed by atoms with Crippen molar-refractivity contribution < 1.29 is 9.59 Å². The van der Waals surface area contributed by atoms with E-state index in [4.69, 9.17) is 0 Å². The molecule has 7 heteroatoms. The first-order valence-electron chi connectivity index (χ1n) is 8.42. The van der Waals surface area contributed by atoms with Crippen LogP contribution in [0.2, 0.25) is 0 Å². The highest BCUT2D eigenvalue weighted by atomic mass is 32.2. The van der Waals surface area contributed by atoms with Crippen LogP contribution in [-0.2, 0) is 9.59 Å². The number of aromatic nitrogens is 2. The van der Waals surface area contributed by atoms with Crippen molar-refractivity contribution in [2.45, 2.75) is 19.0 Å². The minimum absolute atomic E-state index is 0.119. The molecule has 3 aromatic rings. The van der Waals surface area contributed by atoms with E-state index in [0.717, 1.165) is 16.4 Å². The maximum absolute atomic E-state index is 12.2. The van der Waals surface area contributed by atoms with Gasteiger partial charge in [-0.25, -0.2) is 4.98 Å². The molecule has 27 heavy (non-hydrogen) atoms. The van der Waals surface area contributed by atoms with Gasteiger partial charge in [-0.05, 0) is 42.8 Å². The molecule has 2 amide bonds. The van der Waals surface area contributed by atoms with Crippen LogP contribution in [0, 0.1) is 6.92 Å². The van der Waals surface area contributed by atoms with Gasteiger partial charge >= 0.3 is 0 Å². The molecule has 0 aliphatic carbocycles. The molecular weight excluding hydrogens is 360 g/mol. The van der Waals surface area contributed by atoms with Crippen LogP contribution in [0.25, 0.3) is 5.69 Å². The fraction of sp³-hybridized carbons (Fsp3) is 0.150. The van der Waals surface area contributed by atoms with E-state index in [2.05, 4.69) is 15.6 Å². The largest absolute Gasteiger partial charge is 0.326 e. The van der Waals surface area contributed by atoms with Crippen LogP contribution in [0.3, 0.4) is 0 Å². The molecule has 0 aliphatic heterocycles. The van der Waals surface area contributed by atoms with Crippen molar-refractivity contribution in [1.29, 1.82) is 0 Å². The lowest BCUT2D eigenvalue weighted by Gasteiger charge is -2.10. The number of aryl methyl sites for hydroxylation is 1. The summed E-state index contributed by atoms with van der Waals surface area (Å²) in [6.45, 7) is 3.49. The topological polar surface area (TPSA) is 76.0 Å². The number of hydrogen-bond acceptors (Lipinski definition) is 4. The molecule has 0 radical (unpaired) electrons. The first-order chi connectivity index (χ1) is 13.0. The Balaban J connectivity index is 1.60. The van der Waals surface area contributed by atoms with E-state index in [1.54, 1.807) is 30.5 Å². The standard InChI is InChI=1S/C20H20N4O2S/c1-14-5-3-4-6-18(14)24-12-11-21-20(24)27-13-19(26)23-17-9-7-16(8-10-17)22-15(2)25/h3-12H,13H2,1-2H3,(H,22,25)(H,23,26). The molecular formula is C20H20N4O2S. The lowest BCUT2D eigenvalue weighted by molar-refractivity contribution is -0.114. The van der Waals surface area contributed by atoms with Crippen LogP contribution in [0.5, 0.6) is 0 Å². The molecule has 0 saturated carbocycles. The SMILES string of the molecule is CC(=O)Nc1ccc(NC(=O)CSc2nccn2-c2ccccc2C)cc1. The van der Waals surface area contributed by atoms with Crippen LogP contribution >= 0.6 is 11.8 Å². The van der Waals surface area contributed by atoms with E-state index in [-0.39, 0.29) is 17.6 Å². The van der Waals surface area contributed by atoms with Crippen LogP contribution in [0.1, 0.15) is 12.5 Å². The normalized spacial score (nSPS) is 10.4. The lowest BCUT2D eigenvalue weighted by Crippen LogP contribution is -2.14. The third-order valence-electron chi connectivity index (χ3n) is 3.80. The minimum atomic E-state index is -0.132. The predicted octanol–water partition coefficient (Wildman–Crippen LogP) is 3.87. The van der Waals surface area contributed by atoms with E-state index < -0.39 is 0 Å². The highest BCUT2D eigenvalue weighted by molar-refractivity contribution is 7.99. The van der Waals surface area contributed by atoms with Gasteiger partial charge in [0.25, 0.3) is 0 Å². The van der Waals surface area contributed by atoms with Gasteiger partial charge in [0.15, 0.2) is 5.16 Å². The number of imidazole rings is 1. The molecule has 0 atom stereocenters. The van der Waals surface area contributed by atoms with Gasteiger partial charge in [0, 0.05) is 30.7 Å². The molecule has 138 valence electrons. The molecule has 6 nitrogen and oxygen atoms in total. The zero-order valence-corrected chi connectivity index (χ0v) is 15.9. The van der Waals surface area contributed by atoms with Crippen molar-refractivity contribution in [3.63, 3.8) is 0 Å². The zero-order valence-electron chi connectivity index (χ0n) is 15.1. The summed E-state index contributed by atoms with van der Waals surface area (Å²) < 4.78 is 1.98. The Morgan fingerprint density at radius 3 is 2.37 bits per heavy atom. The van der Waals surface area contributed by atoms with Crippen LogP contribution in [0.15, 0.2) is 66.1 Å². The smallest absolute Gasteiger partial charge is 0.234 e. The number of carbonyl (C=O) groups excluding carboxylic acids is 2. The summed E-state index contributed by atoms with van der Waals surface area (Å²) in [5.41, 5.74) is 3.56. The van der Waals surface area contributed by atoms with Gasteiger partial charge in [0.1, 0.15) is 0 Å². The Morgan fingerprint density at radius 2 is 1.70 bits per heavy atom. The van der Waals surface area contributed by atoms with E-state index >= 15 is 0 Å². The summed E-state index contributed by atoms with van der Waals surface area (Å²) in [5, 5.41) is 6.30. The Bertz CT molecular complexity index is 951. The second-order valence-electron chi connectivity index (χ2n) is 5.96. The number of carbonyl (C=O) groups is 2. The van der Waals surface area contributed by atoms with E-state index in [1.165, 1.54) is 18.7 Å². The molecule has 0 fully saturated rings. The lowest BCUT2D eigenvalue weighted by atomic mass is 10.2. The number of thioether (sulfide) groups is 1. The van der Waals surface area contributed by atoms with Crippen LogP contribution in [0.4, 0.5) is 11.4 Å². The number of benzene rings is 2. The van der Waals surface area contributed by atoms with Gasteiger partial charge in [-0.3, -0.25) is 14.2 Å². The number of nitrogens with one attached hydrogen (secondary N) is 2. The second kappa shape index (κ2) is 8.55. The summed E-state index contributed by atoms with van der Waals surface area (Å²) in [6.07, 6.45) is 3.62. The second-order valence-corrected chi connectivity index (χ2v) is 6.90. The monoisotopic (exact) mass is 380 g/mol. The fourth-order valence-electron chi connectivity index (χ4n) is 2.58. The Morgan fingerprint density at radius 1 is 1.04 bits per heavy atom. The molecule has 2 N–H and O–H groups in total. The number of hydrogen-bond donors (Lipinski definition) is 2. The summed E-state index contributed by atoms with van der Waals surface area (Å²) in [4.78, 5) is 27.6. The van der Waals surface area contributed by atoms with Gasteiger partial charge in [-0.1, -0.05) is 30.0 Å². The number of amides is 2. The highest BCUT2D eigenvalue weighted by Gasteiger charge is 2.10. The quantitative estimate of drug-likeness (QED) is 0.637. The molecule has 0 saturated heterocycles. The van der Waals surface area contributed by atoms with Gasteiger partial charge in [-0.2, -0.15) is 0 Å². The Kier molecular flexibility index (Phi) is 5.93. The van der Waals surface area contributed by atoms with E-state index in [9.17, 15) is 9.59 Å². The van der Waals surface area contributed by atoms with Crippen molar-refractivity contribution in [3.05, 3.63) is 66.5 Å². The van der Waals surface area contributed by atoms with Crippen molar-refractivity contribution in [2.75, 3.05) is 16.4 Å². The van der Waals surface area contributed by atoms with Crippen LogP contribution in [-0.4, -0.2) is 27.1 Å². The fourth-order valence-corrected chi connectivity index (χ4v) is 3.35. The molecule has 0 unspecified atom stereocenters. The highest BCUT2D eigenvalue weighted by Crippen LogP contribution is 2.23. The molecule has 0 spiro atoms. The third-order valence-corrected chi connectivity index (χ3v) is 4.77. The van der Waals surface area contributed by atoms with E-state index in [0.29, 0.717) is 11.4 Å². The summed E-state index contributed by atoms with van der Waals surface area (Å²) >= 11 is 1.38. The zero-order chi connectivity index (χ0) is 19.2. The minimum Gasteiger partial charge on any atom is -0.326 e. The van der Waals surface area contributed by atoms with Gasteiger partial charge in [0.05, 0.1) is 11.4 Å². The van der Waals surface area contributed by atoms with Gasteiger partial charge < -0.3 is 10.6 Å². The molecule has 0 bridgehead atoms. The van der Waals surface area contributed by atoms with Crippen molar-refractivity contribution in [2.24, 2.45) is 0 Å². The van der Waals surface area contributed by atoms with Crippen molar-refractivity contribution in [3.8, 4) is 5.69 Å². The average molecular weight is 380 g/mol. The number of nitrogens with zero attached hydrogens (tertiary/aromatic N) is 2. The maximum atomic E-state index is 12.2. The van der Waals surface area contributed by atoms with Crippen LogP contribution < -0.4 is 10.6 Å². The van der Waals surface area contributed by atoms with Gasteiger partial charge in [0.2, 0.25) is 11.8 Å². The average Bonchev–Trinajstić information content (AvgIpc) is 3.10. The summed E-state index contributed by atoms with van der Waals surface area (Å²) in [5.74, 6) is -0.00460. The predicted molar refractivity (Wildman–Crippen MR) is 108 cm³/mol. The number of rotatable bonds is 6. The maximum Gasteiger partial charge on any atom is 0.234 e. The Hall–Kier alpha value is -3.06.